The second-order valence-corrected chi connectivity index (χ2v) is 4.11. The first-order chi connectivity index (χ1) is 8.60. The first kappa shape index (κ1) is 12.7. The van der Waals surface area contributed by atoms with E-state index in [1.54, 1.807) is 17.9 Å². The average molecular weight is 252 g/mol. The molecule has 1 unspecified atom stereocenters. The molecule has 0 saturated heterocycles. The minimum atomic E-state index is -0.495. The average Bonchev–Trinajstić information content (AvgIpc) is 2.75. The van der Waals surface area contributed by atoms with Gasteiger partial charge in [0, 0.05) is 18.8 Å². The van der Waals surface area contributed by atoms with E-state index in [1.165, 1.54) is 0 Å². The molecule has 18 heavy (non-hydrogen) atoms. The van der Waals surface area contributed by atoms with Crippen molar-refractivity contribution >= 4 is 0 Å². The van der Waals surface area contributed by atoms with Crippen LogP contribution in [0.25, 0.3) is 0 Å². The van der Waals surface area contributed by atoms with Crippen molar-refractivity contribution in [2.24, 2.45) is 12.9 Å². The molecule has 2 rings (SSSR count). The predicted molar refractivity (Wildman–Crippen MR) is 63.3 cm³/mol. The fraction of sp³-hybridized carbons (Fsp3) is 0.250. The minimum Gasteiger partial charge on any atom is -0.276 e. The van der Waals surface area contributed by atoms with Gasteiger partial charge in [0.1, 0.15) is 11.6 Å². The van der Waals surface area contributed by atoms with Crippen molar-refractivity contribution in [1.29, 1.82) is 0 Å². The Labute approximate surface area is 103 Å². The maximum absolute atomic E-state index is 13.6. The molecule has 1 heterocycles. The summed E-state index contributed by atoms with van der Waals surface area (Å²) < 4.78 is 28.4. The second kappa shape index (κ2) is 5.24. The molecule has 0 bridgehead atoms. The van der Waals surface area contributed by atoms with Gasteiger partial charge in [-0.15, -0.1) is 0 Å². The zero-order valence-corrected chi connectivity index (χ0v) is 9.90. The van der Waals surface area contributed by atoms with Gasteiger partial charge in [-0.05, 0) is 30.2 Å². The lowest BCUT2D eigenvalue weighted by Crippen LogP contribution is -2.30. The number of nitrogens with two attached hydrogens (primary N) is 1. The fourth-order valence-electron chi connectivity index (χ4n) is 1.85. The molecule has 0 aliphatic carbocycles. The summed E-state index contributed by atoms with van der Waals surface area (Å²) in [5.41, 5.74) is 3.60. The standard InChI is InChI=1S/C12H14F2N4/c1-18-7-8(6-16-18)4-12(17-15)10-5-9(13)2-3-11(10)14/h2-3,5-7,12,17H,4,15H2,1H3. The summed E-state index contributed by atoms with van der Waals surface area (Å²) >= 11 is 0. The van der Waals surface area contributed by atoms with Crippen molar-refractivity contribution in [2.45, 2.75) is 12.5 Å². The topological polar surface area (TPSA) is 55.9 Å². The molecular formula is C12H14F2N4. The molecule has 0 saturated carbocycles. The SMILES string of the molecule is Cn1cc(CC(NN)c2cc(F)ccc2F)cn1. The van der Waals surface area contributed by atoms with E-state index < -0.39 is 17.7 Å². The van der Waals surface area contributed by atoms with Crippen molar-refractivity contribution in [3.8, 4) is 0 Å². The molecule has 2 aromatic rings. The van der Waals surface area contributed by atoms with Gasteiger partial charge in [0.25, 0.3) is 0 Å². The van der Waals surface area contributed by atoms with E-state index in [0.29, 0.717) is 6.42 Å². The molecule has 0 aliphatic heterocycles. The summed E-state index contributed by atoms with van der Waals surface area (Å²) in [5, 5.41) is 4.02. The van der Waals surface area contributed by atoms with Gasteiger partial charge in [-0.25, -0.2) is 8.78 Å². The Morgan fingerprint density at radius 1 is 1.44 bits per heavy atom. The highest BCUT2D eigenvalue weighted by atomic mass is 19.1. The van der Waals surface area contributed by atoms with Crippen molar-refractivity contribution < 1.29 is 8.78 Å². The summed E-state index contributed by atoms with van der Waals surface area (Å²) in [4.78, 5) is 0. The van der Waals surface area contributed by atoms with Gasteiger partial charge in [-0.1, -0.05) is 0 Å². The van der Waals surface area contributed by atoms with Gasteiger partial charge in [0.2, 0.25) is 0 Å². The summed E-state index contributed by atoms with van der Waals surface area (Å²) in [6.45, 7) is 0. The highest BCUT2D eigenvalue weighted by Gasteiger charge is 2.16. The van der Waals surface area contributed by atoms with Crippen LogP contribution in [0.5, 0.6) is 0 Å². The molecule has 96 valence electrons. The van der Waals surface area contributed by atoms with Crippen LogP contribution < -0.4 is 11.3 Å². The number of benzene rings is 1. The number of nitrogens with zero attached hydrogens (tertiary/aromatic N) is 2. The smallest absolute Gasteiger partial charge is 0.128 e. The number of hydrogen-bond acceptors (Lipinski definition) is 3. The van der Waals surface area contributed by atoms with E-state index in [1.807, 2.05) is 6.20 Å². The number of aryl methyl sites for hydroxylation is 1. The quantitative estimate of drug-likeness (QED) is 0.639. The van der Waals surface area contributed by atoms with Crippen LogP contribution in [0.15, 0.2) is 30.6 Å². The highest BCUT2D eigenvalue weighted by molar-refractivity contribution is 5.24. The number of rotatable bonds is 4. The normalized spacial score (nSPS) is 12.7. The number of aromatic nitrogens is 2. The van der Waals surface area contributed by atoms with Crippen molar-refractivity contribution in [1.82, 2.24) is 15.2 Å². The lowest BCUT2D eigenvalue weighted by molar-refractivity contribution is 0.502. The van der Waals surface area contributed by atoms with E-state index in [0.717, 1.165) is 23.8 Å². The molecule has 0 aliphatic rings. The highest BCUT2D eigenvalue weighted by Crippen LogP contribution is 2.21. The first-order valence-electron chi connectivity index (χ1n) is 5.48. The van der Waals surface area contributed by atoms with Crippen LogP contribution in [0.2, 0.25) is 0 Å². The van der Waals surface area contributed by atoms with Crippen molar-refractivity contribution in [3.63, 3.8) is 0 Å². The summed E-state index contributed by atoms with van der Waals surface area (Å²) in [6.07, 6.45) is 3.91. The summed E-state index contributed by atoms with van der Waals surface area (Å²) in [7, 11) is 1.79. The van der Waals surface area contributed by atoms with Gasteiger partial charge in [0.05, 0.1) is 12.2 Å². The van der Waals surface area contributed by atoms with E-state index >= 15 is 0 Å². The van der Waals surface area contributed by atoms with Gasteiger partial charge < -0.3 is 0 Å². The number of halogens is 2. The molecule has 4 nitrogen and oxygen atoms in total. The third-order valence-electron chi connectivity index (χ3n) is 2.73. The lowest BCUT2D eigenvalue weighted by atomic mass is 10.0. The van der Waals surface area contributed by atoms with Crippen LogP contribution in [0.4, 0.5) is 8.78 Å². The summed E-state index contributed by atoms with van der Waals surface area (Å²) in [5.74, 6) is 4.44. The number of nitrogens with one attached hydrogen (secondary N) is 1. The molecular weight excluding hydrogens is 238 g/mol. The van der Waals surface area contributed by atoms with E-state index in [9.17, 15) is 8.78 Å². The minimum absolute atomic E-state index is 0.210. The lowest BCUT2D eigenvalue weighted by Gasteiger charge is -2.16. The Morgan fingerprint density at radius 2 is 2.22 bits per heavy atom. The Kier molecular flexibility index (Phi) is 3.69. The third kappa shape index (κ3) is 2.72. The maximum Gasteiger partial charge on any atom is 0.128 e. The Morgan fingerprint density at radius 3 is 2.83 bits per heavy atom. The Bertz CT molecular complexity index is 539. The molecule has 0 radical (unpaired) electrons. The predicted octanol–water partition coefficient (Wildman–Crippen LogP) is 1.45. The van der Waals surface area contributed by atoms with Gasteiger partial charge in [-0.2, -0.15) is 5.10 Å². The molecule has 0 amide bonds. The molecule has 0 fully saturated rings. The molecule has 0 spiro atoms. The number of hydrogen-bond donors (Lipinski definition) is 2. The van der Waals surface area contributed by atoms with Crippen LogP contribution in [-0.4, -0.2) is 9.78 Å². The van der Waals surface area contributed by atoms with Crippen LogP contribution >= 0.6 is 0 Å². The largest absolute Gasteiger partial charge is 0.276 e. The first-order valence-corrected chi connectivity index (χ1v) is 5.48. The van der Waals surface area contributed by atoms with Gasteiger partial charge in [0.15, 0.2) is 0 Å². The van der Waals surface area contributed by atoms with E-state index in [2.05, 4.69) is 10.5 Å². The van der Waals surface area contributed by atoms with Crippen LogP contribution in [0.3, 0.4) is 0 Å². The van der Waals surface area contributed by atoms with Crippen LogP contribution in [-0.2, 0) is 13.5 Å². The van der Waals surface area contributed by atoms with Crippen LogP contribution in [0, 0.1) is 11.6 Å². The monoisotopic (exact) mass is 252 g/mol. The zero-order chi connectivity index (χ0) is 13.1. The molecule has 1 atom stereocenters. The van der Waals surface area contributed by atoms with Gasteiger partial charge >= 0.3 is 0 Å². The molecule has 1 aromatic carbocycles. The molecule has 1 aromatic heterocycles. The Balaban J connectivity index is 2.25. The Hall–Kier alpha value is -1.79. The third-order valence-corrected chi connectivity index (χ3v) is 2.73. The van der Waals surface area contributed by atoms with Crippen LogP contribution in [0.1, 0.15) is 17.2 Å². The van der Waals surface area contributed by atoms with E-state index in [-0.39, 0.29) is 5.56 Å². The molecule has 3 N–H and O–H groups in total. The second-order valence-electron chi connectivity index (χ2n) is 4.11. The number of hydrazine groups is 1. The fourth-order valence-corrected chi connectivity index (χ4v) is 1.85. The molecule has 6 heteroatoms. The van der Waals surface area contributed by atoms with Gasteiger partial charge in [-0.3, -0.25) is 16.0 Å². The maximum atomic E-state index is 13.6. The van der Waals surface area contributed by atoms with Crippen molar-refractivity contribution in [3.05, 3.63) is 53.4 Å². The van der Waals surface area contributed by atoms with Crippen molar-refractivity contribution in [2.75, 3.05) is 0 Å². The zero-order valence-electron chi connectivity index (χ0n) is 9.90. The van der Waals surface area contributed by atoms with E-state index in [4.69, 9.17) is 5.84 Å². The summed E-state index contributed by atoms with van der Waals surface area (Å²) in [6, 6.07) is 2.83.